The number of nitrogens with one attached hydrogen (secondary N) is 2. The maximum atomic E-state index is 12.7. The third-order valence-electron chi connectivity index (χ3n) is 4.83. The summed E-state index contributed by atoms with van der Waals surface area (Å²) < 4.78 is 10.7. The molecule has 31 heavy (non-hydrogen) atoms. The maximum Gasteiger partial charge on any atom is 0.291 e. The monoisotopic (exact) mass is 433 g/mol. The van der Waals surface area contributed by atoms with Crippen molar-refractivity contribution in [2.45, 2.75) is 19.4 Å². The normalized spacial score (nSPS) is 11.7. The van der Waals surface area contributed by atoms with E-state index >= 15 is 0 Å². The van der Waals surface area contributed by atoms with E-state index in [4.69, 9.17) is 9.15 Å². The van der Waals surface area contributed by atoms with Crippen LogP contribution in [0.25, 0.3) is 0 Å². The summed E-state index contributed by atoms with van der Waals surface area (Å²) in [6, 6.07) is 18.8. The second-order valence-corrected chi connectivity index (χ2v) is 7.99. The van der Waals surface area contributed by atoms with Crippen LogP contribution in [0.5, 0.6) is 5.75 Å². The predicted octanol–water partition coefficient (Wildman–Crippen LogP) is 5.76. The number of carbonyl (C=O) groups is 1. The predicted molar refractivity (Wildman–Crippen MR) is 123 cm³/mol. The number of aryl methyl sites for hydroxylation is 1. The number of furan rings is 1. The lowest BCUT2D eigenvalue weighted by atomic mass is 9.99. The highest BCUT2D eigenvalue weighted by Gasteiger charge is 2.23. The quantitative estimate of drug-likeness (QED) is 0.369. The van der Waals surface area contributed by atoms with Gasteiger partial charge in [0.2, 0.25) is 0 Å². The summed E-state index contributed by atoms with van der Waals surface area (Å²) in [7, 11) is 1.65. The van der Waals surface area contributed by atoms with Crippen LogP contribution in [0.3, 0.4) is 0 Å². The average Bonchev–Trinajstić information content (AvgIpc) is 3.48. The zero-order valence-electron chi connectivity index (χ0n) is 17.3. The van der Waals surface area contributed by atoms with Gasteiger partial charge in [0, 0.05) is 16.6 Å². The van der Waals surface area contributed by atoms with Crippen LogP contribution in [0.15, 0.2) is 77.5 Å². The van der Waals surface area contributed by atoms with E-state index in [0.717, 1.165) is 34.1 Å². The van der Waals surface area contributed by atoms with Crippen LogP contribution < -0.4 is 15.4 Å². The van der Waals surface area contributed by atoms with E-state index < -0.39 is 0 Å². The number of carbonyl (C=O) groups excluding carboxylic acids is 1. The van der Waals surface area contributed by atoms with E-state index in [2.05, 4.69) is 28.6 Å². The van der Waals surface area contributed by atoms with Gasteiger partial charge in [-0.05, 0) is 54.4 Å². The van der Waals surface area contributed by atoms with Gasteiger partial charge in [-0.2, -0.15) is 0 Å². The summed E-state index contributed by atoms with van der Waals surface area (Å²) in [4.78, 5) is 18.3. The van der Waals surface area contributed by atoms with E-state index in [1.54, 1.807) is 36.8 Å². The summed E-state index contributed by atoms with van der Waals surface area (Å²) in [5.74, 6) is 1.49. The molecule has 6 nitrogen and oxygen atoms in total. The first kappa shape index (κ1) is 20.7. The molecule has 4 aromatic rings. The summed E-state index contributed by atoms with van der Waals surface area (Å²) in [5.41, 5.74) is 1.96. The zero-order valence-corrected chi connectivity index (χ0v) is 18.1. The number of pyridine rings is 1. The van der Waals surface area contributed by atoms with Gasteiger partial charge in [-0.3, -0.25) is 4.79 Å². The van der Waals surface area contributed by atoms with Crippen LogP contribution in [-0.4, -0.2) is 18.0 Å². The number of aromatic nitrogens is 1. The molecule has 0 spiro atoms. The molecule has 0 aliphatic carbocycles. The molecule has 2 N–H and O–H groups in total. The summed E-state index contributed by atoms with van der Waals surface area (Å²) in [6.45, 7) is 2.10. The minimum absolute atomic E-state index is 0.242. The Morgan fingerprint density at radius 2 is 2.06 bits per heavy atom. The van der Waals surface area contributed by atoms with E-state index in [9.17, 15) is 4.79 Å². The van der Waals surface area contributed by atoms with E-state index in [0.29, 0.717) is 0 Å². The molecular weight excluding hydrogens is 410 g/mol. The van der Waals surface area contributed by atoms with Crippen LogP contribution >= 0.6 is 11.3 Å². The molecule has 0 radical (unpaired) electrons. The van der Waals surface area contributed by atoms with E-state index in [1.807, 2.05) is 42.5 Å². The zero-order chi connectivity index (χ0) is 21.6. The number of hydrogen-bond donors (Lipinski definition) is 2. The third-order valence-corrected chi connectivity index (χ3v) is 6.04. The lowest BCUT2D eigenvalue weighted by molar-refractivity contribution is 0.0997. The molecule has 7 heteroatoms. The van der Waals surface area contributed by atoms with Crippen LogP contribution in [-0.2, 0) is 6.42 Å². The molecule has 0 bridgehead atoms. The van der Waals surface area contributed by atoms with Crippen molar-refractivity contribution in [3.63, 3.8) is 0 Å². The second-order valence-electron chi connectivity index (χ2n) is 6.85. The fourth-order valence-corrected chi connectivity index (χ4v) is 4.31. The van der Waals surface area contributed by atoms with Gasteiger partial charge in [-0.1, -0.05) is 25.1 Å². The largest absolute Gasteiger partial charge is 0.497 e. The van der Waals surface area contributed by atoms with Gasteiger partial charge in [0.1, 0.15) is 16.6 Å². The number of anilines is 2. The lowest BCUT2D eigenvalue weighted by Crippen LogP contribution is -2.17. The fraction of sp³-hybridized carbons (Fsp3) is 0.167. The fourth-order valence-electron chi connectivity index (χ4n) is 3.28. The minimum Gasteiger partial charge on any atom is -0.497 e. The van der Waals surface area contributed by atoms with Gasteiger partial charge < -0.3 is 19.8 Å². The first-order valence-electron chi connectivity index (χ1n) is 9.97. The van der Waals surface area contributed by atoms with Crippen molar-refractivity contribution in [3.8, 4) is 5.75 Å². The molecule has 4 rings (SSSR count). The maximum absolute atomic E-state index is 12.7. The molecule has 0 aliphatic rings. The number of hydrogen-bond acceptors (Lipinski definition) is 6. The number of ether oxygens (including phenoxy) is 1. The Morgan fingerprint density at radius 3 is 2.77 bits per heavy atom. The number of rotatable bonds is 8. The van der Waals surface area contributed by atoms with Gasteiger partial charge in [0.15, 0.2) is 5.76 Å². The molecule has 3 aromatic heterocycles. The summed E-state index contributed by atoms with van der Waals surface area (Å²) in [5, 5.41) is 7.31. The lowest BCUT2D eigenvalue weighted by Gasteiger charge is -2.21. The first-order valence-corrected chi connectivity index (χ1v) is 10.8. The molecule has 0 unspecified atom stereocenters. The number of amides is 1. The Kier molecular flexibility index (Phi) is 6.33. The topological polar surface area (TPSA) is 76.4 Å². The summed E-state index contributed by atoms with van der Waals surface area (Å²) >= 11 is 1.56. The van der Waals surface area contributed by atoms with Crippen LogP contribution in [0.4, 0.5) is 10.8 Å². The molecular formula is C24H23N3O3S. The second kappa shape index (κ2) is 9.49. The van der Waals surface area contributed by atoms with Crippen LogP contribution in [0, 0.1) is 0 Å². The summed E-state index contributed by atoms with van der Waals surface area (Å²) in [6.07, 6.45) is 4.10. The Bertz CT molecular complexity index is 1140. The first-order chi connectivity index (χ1) is 15.2. The molecule has 1 amide bonds. The van der Waals surface area contributed by atoms with E-state index in [-0.39, 0.29) is 17.7 Å². The SMILES string of the molecule is CCc1cc([C@@H](Nc2ccccn2)c2cccc(OC)c2)c(NC(=O)c2ccco2)s1. The number of methoxy groups -OCH3 is 1. The van der Waals surface area contributed by atoms with Crippen molar-refractivity contribution in [1.82, 2.24) is 4.98 Å². The van der Waals surface area contributed by atoms with Gasteiger partial charge >= 0.3 is 0 Å². The molecule has 0 aliphatic heterocycles. The van der Waals surface area contributed by atoms with Gasteiger partial charge in [-0.25, -0.2) is 4.98 Å². The Morgan fingerprint density at radius 1 is 1.16 bits per heavy atom. The van der Waals surface area contributed by atoms with Crippen molar-refractivity contribution in [2.24, 2.45) is 0 Å². The molecule has 1 aromatic carbocycles. The van der Waals surface area contributed by atoms with Gasteiger partial charge in [0.25, 0.3) is 5.91 Å². The van der Waals surface area contributed by atoms with Gasteiger partial charge in [0.05, 0.1) is 19.4 Å². The average molecular weight is 434 g/mol. The highest BCUT2D eigenvalue weighted by Crippen LogP contribution is 2.38. The molecule has 0 fully saturated rings. The Balaban J connectivity index is 1.76. The Hall–Kier alpha value is -3.58. The highest BCUT2D eigenvalue weighted by molar-refractivity contribution is 7.16. The van der Waals surface area contributed by atoms with E-state index in [1.165, 1.54) is 11.1 Å². The molecule has 0 saturated heterocycles. The molecule has 3 heterocycles. The van der Waals surface area contributed by atoms with Crippen LogP contribution in [0.1, 0.15) is 39.5 Å². The number of benzene rings is 1. The Labute approximate surface area is 184 Å². The molecule has 1 atom stereocenters. The van der Waals surface area contributed by atoms with Crippen molar-refractivity contribution < 1.29 is 13.9 Å². The molecule has 0 saturated carbocycles. The van der Waals surface area contributed by atoms with Crippen molar-refractivity contribution in [2.75, 3.05) is 17.7 Å². The number of nitrogens with zero attached hydrogens (tertiary/aromatic N) is 1. The standard InChI is InChI=1S/C24H23N3O3S/c1-3-18-15-19(24(31-18)27-23(28)20-10-7-13-30-20)22(26-21-11-4-5-12-25-21)16-8-6-9-17(14-16)29-2/h4-15,22H,3H2,1-2H3,(H,25,26)(H,27,28)/t22-/m0/s1. The highest BCUT2D eigenvalue weighted by atomic mass is 32.1. The van der Waals surface area contributed by atoms with Crippen molar-refractivity contribution in [3.05, 3.63) is 94.9 Å². The van der Waals surface area contributed by atoms with Crippen LogP contribution in [0.2, 0.25) is 0 Å². The van der Waals surface area contributed by atoms with Crippen molar-refractivity contribution >= 4 is 28.1 Å². The van der Waals surface area contributed by atoms with Gasteiger partial charge in [-0.15, -0.1) is 11.3 Å². The third kappa shape index (κ3) is 4.78. The van der Waals surface area contributed by atoms with Crippen molar-refractivity contribution in [1.29, 1.82) is 0 Å². The smallest absolute Gasteiger partial charge is 0.291 e. The molecule has 158 valence electrons. The number of thiophene rings is 1. The minimum atomic E-state index is -0.280.